The molecule has 2 heterocycles. The van der Waals surface area contributed by atoms with Crippen molar-refractivity contribution in [1.82, 2.24) is 0 Å². The minimum absolute atomic E-state index is 0.00704. The van der Waals surface area contributed by atoms with Gasteiger partial charge in [-0.2, -0.15) is 0 Å². The van der Waals surface area contributed by atoms with Gasteiger partial charge < -0.3 is 27.9 Å². The van der Waals surface area contributed by atoms with E-state index in [9.17, 15) is 13.8 Å². The highest BCUT2D eigenvalue weighted by Gasteiger charge is 2.42. The van der Waals surface area contributed by atoms with Crippen LogP contribution in [0.15, 0.2) is 62.6 Å². The number of nitrogens with one attached hydrogen (secondary N) is 1. The van der Waals surface area contributed by atoms with Crippen molar-refractivity contribution in [2.45, 2.75) is 45.7 Å². The predicted molar refractivity (Wildman–Crippen MR) is 132 cm³/mol. The molecule has 0 bridgehead atoms. The quantitative estimate of drug-likeness (QED) is 0.248. The van der Waals surface area contributed by atoms with Crippen molar-refractivity contribution in [2.75, 3.05) is 12.4 Å². The zero-order valence-electron chi connectivity index (χ0n) is 20.0. The van der Waals surface area contributed by atoms with Crippen LogP contribution in [0.25, 0.3) is 21.9 Å². The molecule has 0 saturated carbocycles. The van der Waals surface area contributed by atoms with Gasteiger partial charge in [0, 0.05) is 11.8 Å². The third kappa shape index (κ3) is 4.98. The maximum Gasteiger partial charge on any atom is 0.358 e. The minimum Gasteiger partial charge on any atom is -0.495 e. The first-order valence-corrected chi connectivity index (χ1v) is 12.7. The van der Waals surface area contributed by atoms with E-state index in [2.05, 4.69) is 5.32 Å². The summed E-state index contributed by atoms with van der Waals surface area (Å²) in [5.74, 6) is -1.43. The third-order valence-electron chi connectivity index (χ3n) is 5.16. The van der Waals surface area contributed by atoms with Crippen molar-refractivity contribution in [3.63, 3.8) is 0 Å². The monoisotopic (exact) mass is 503 g/mol. The molecule has 1 unspecified atom stereocenters. The lowest BCUT2D eigenvalue weighted by molar-refractivity contribution is 0.138. The lowest BCUT2D eigenvalue weighted by Crippen LogP contribution is -2.24. The van der Waals surface area contributed by atoms with Crippen molar-refractivity contribution in [3.8, 4) is 5.75 Å². The zero-order valence-corrected chi connectivity index (χ0v) is 20.9. The molecular weight excluding hydrogens is 476 g/mol. The van der Waals surface area contributed by atoms with Crippen molar-refractivity contribution in [1.29, 1.82) is 0 Å². The summed E-state index contributed by atoms with van der Waals surface area (Å²) in [6.45, 7) is 6.86. The SMILES string of the molecule is COc1c2ccoc2cc2occ(C(Nc3ccc(F)cc3)P(=O)(OC(C)C)OC(C)C)c(=O)c12. The van der Waals surface area contributed by atoms with E-state index >= 15 is 0 Å². The Balaban J connectivity index is 1.97. The Bertz CT molecular complexity index is 1430. The highest BCUT2D eigenvalue weighted by Crippen LogP contribution is 2.62. The van der Waals surface area contributed by atoms with Gasteiger partial charge in [0.25, 0.3) is 0 Å². The fourth-order valence-corrected chi connectivity index (χ4v) is 6.15. The number of hydrogen-bond donors (Lipinski definition) is 1. The van der Waals surface area contributed by atoms with E-state index in [4.69, 9.17) is 22.6 Å². The molecule has 1 atom stereocenters. The summed E-state index contributed by atoms with van der Waals surface area (Å²) >= 11 is 0. The summed E-state index contributed by atoms with van der Waals surface area (Å²) in [4.78, 5) is 13.9. The summed E-state index contributed by atoms with van der Waals surface area (Å²) in [6, 6.07) is 8.71. The third-order valence-corrected chi connectivity index (χ3v) is 7.63. The van der Waals surface area contributed by atoms with Crippen LogP contribution in [0.4, 0.5) is 10.1 Å². The Morgan fingerprint density at radius 1 is 0.971 bits per heavy atom. The summed E-state index contributed by atoms with van der Waals surface area (Å²) in [6.07, 6.45) is 1.74. The van der Waals surface area contributed by atoms with Crippen LogP contribution < -0.4 is 15.5 Å². The minimum atomic E-state index is -4.03. The molecule has 186 valence electrons. The molecular formula is C25H27FNO7P. The second-order valence-corrected chi connectivity index (χ2v) is 10.6. The zero-order chi connectivity index (χ0) is 25.3. The van der Waals surface area contributed by atoms with E-state index in [1.165, 1.54) is 43.9 Å². The maximum atomic E-state index is 14.2. The number of furan rings is 1. The first-order valence-electron chi connectivity index (χ1n) is 11.1. The van der Waals surface area contributed by atoms with Crippen LogP contribution in [0.2, 0.25) is 0 Å². The van der Waals surface area contributed by atoms with Crippen LogP contribution in [-0.2, 0) is 13.6 Å². The Morgan fingerprint density at radius 3 is 2.23 bits per heavy atom. The van der Waals surface area contributed by atoms with Gasteiger partial charge in [0.1, 0.15) is 34.4 Å². The van der Waals surface area contributed by atoms with Crippen molar-refractivity contribution in [2.24, 2.45) is 0 Å². The molecule has 8 nitrogen and oxygen atoms in total. The number of rotatable bonds is 9. The highest BCUT2D eigenvalue weighted by atomic mass is 31.2. The molecule has 1 N–H and O–H groups in total. The predicted octanol–water partition coefficient (Wildman–Crippen LogP) is 6.84. The van der Waals surface area contributed by atoms with Crippen molar-refractivity contribution in [3.05, 3.63) is 70.5 Å². The molecule has 0 aliphatic rings. The van der Waals surface area contributed by atoms with E-state index in [-0.39, 0.29) is 22.3 Å². The second kappa shape index (κ2) is 9.85. The first kappa shape index (κ1) is 25.0. The highest BCUT2D eigenvalue weighted by molar-refractivity contribution is 7.54. The fraction of sp³-hybridized carbons (Fsp3) is 0.320. The van der Waals surface area contributed by atoms with Gasteiger partial charge in [0.05, 0.1) is 36.5 Å². The molecule has 10 heteroatoms. The molecule has 4 aromatic rings. The largest absolute Gasteiger partial charge is 0.495 e. The summed E-state index contributed by atoms with van der Waals surface area (Å²) in [5, 5.41) is 3.80. The molecule has 0 spiro atoms. The van der Waals surface area contributed by atoms with E-state index < -0.39 is 36.8 Å². The number of hydrogen-bond acceptors (Lipinski definition) is 8. The molecule has 35 heavy (non-hydrogen) atoms. The molecule has 0 fully saturated rings. The molecule has 0 saturated heterocycles. The van der Waals surface area contributed by atoms with Gasteiger partial charge in [-0.25, -0.2) is 4.39 Å². The number of benzene rings is 2. The van der Waals surface area contributed by atoms with Crippen molar-refractivity contribution >= 4 is 35.2 Å². The summed E-state index contributed by atoms with van der Waals surface area (Å²) in [5.41, 5.74) is 0.664. The second-order valence-electron chi connectivity index (χ2n) is 8.54. The molecule has 0 radical (unpaired) electrons. The number of ether oxygens (including phenoxy) is 1. The average Bonchev–Trinajstić information content (AvgIpc) is 3.25. The van der Waals surface area contributed by atoms with E-state index in [1.807, 2.05) is 0 Å². The van der Waals surface area contributed by atoms with Gasteiger partial charge in [-0.05, 0) is 58.0 Å². The fourth-order valence-electron chi connectivity index (χ4n) is 3.86. The van der Waals surface area contributed by atoms with Gasteiger partial charge >= 0.3 is 7.60 Å². The van der Waals surface area contributed by atoms with Gasteiger partial charge in [0.2, 0.25) is 5.43 Å². The van der Waals surface area contributed by atoms with Crippen LogP contribution >= 0.6 is 7.60 Å². The number of methoxy groups -OCH3 is 1. The van der Waals surface area contributed by atoms with Gasteiger partial charge in [-0.15, -0.1) is 0 Å². The Labute approximate surface area is 201 Å². The lowest BCUT2D eigenvalue weighted by Gasteiger charge is -2.30. The van der Waals surface area contributed by atoms with E-state index in [0.29, 0.717) is 16.7 Å². The van der Waals surface area contributed by atoms with Crippen LogP contribution in [0.5, 0.6) is 5.75 Å². The summed E-state index contributed by atoms with van der Waals surface area (Å²) < 4.78 is 56.2. The van der Waals surface area contributed by atoms with Gasteiger partial charge in [0.15, 0.2) is 5.78 Å². The molecule has 4 rings (SSSR count). The average molecular weight is 503 g/mol. The molecule has 2 aromatic carbocycles. The van der Waals surface area contributed by atoms with Gasteiger partial charge in [-0.1, -0.05) is 0 Å². The Morgan fingerprint density at radius 2 is 1.63 bits per heavy atom. The van der Waals surface area contributed by atoms with Crippen LogP contribution in [0, 0.1) is 5.82 Å². The van der Waals surface area contributed by atoms with E-state index in [0.717, 1.165) is 0 Å². The molecule has 0 amide bonds. The van der Waals surface area contributed by atoms with Crippen molar-refractivity contribution < 1.29 is 31.6 Å². The normalized spacial score (nSPS) is 13.1. The smallest absolute Gasteiger partial charge is 0.358 e. The molecule has 0 aliphatic heterocycles. The number of anilines is 1. The maximum absolute atomic E-state index is 14.2. The molecule has 2 aromatic heterocycles. The van der Waals surface area contributed by atoms with E-state index in [1.54, 1.807) is 39.8 Å². The van der Waals surface area contributed by atoms with Crippen LogP contribution in [0.3, 0.4) is 0 Å². The van der Waals surface area contributed by atoms with Gasteiger partial charge in [-0.3, -0.25) is 9.36 Å². The topological polar surface area (TPSA) is 100 Å². The summed E-state index contributed by atoms with van der Waals surface area (Å²) in [7, 11) is -2.59. The van der Waals surface area contributed by atoms with Crippen LogP contribution in [-0.4, -0.2) is 19.3 Å². The Hall–Kier alpha value is -3.13. The lowest BCUT2D eigenvalue weighted by atomic mass is 10.1. The first-order chi connectivity index (χ1) is 16.6. The molecule has 0 aliphatic carbocycles. The Kier molecular flexibility index (Phi) is 7.03. The number of halogens is 1. The van der Waals surface area contributed by atoms with Crippen LogP contribution in [0.1, 0.15) is 39.0 Å². The standard InChI is InChI=1S/C25H27FNO7P/c1-14(2)33-35(29,34-15(3)4)25(27-17-8-6-16(26)7-9-17)19-13-32-21-12-20-18(10-11-31-20)24(30-5)22(21)23(19)28/h6-15,25,27H,1-5H3. The number of fused-ring (bicyclic) bond motifs is 2.